The highest BCUT2D eigenvalue weighted by atomic mass is 16.6. The second-order valence-corrected chi connectivity index (χ2v) is 9.60. The monoisotopic (exact) mass is 462 g/mol. The van der Waals surface area contributed by atoms with Gasteiger partial charge < -0.3 is 30.4 Å². The van der Waals surface area contributed by atoms with Crippen molar-refractivity contribution in [3.63, 3.8) is 0 Å². The molecule has 34 heavy (non-hydrogen) atoms. The quantitative estimate of drug-likeness (QED) is 0.372. The van der Waals surface area contributed by atoms with Gasteiger partial charge in [-0.15, -0.1) is 0 Å². The molecule has 4 N–H and O–H groups in total. The number of amides is 1. The third kappa shape index (κ3) is 5.43. The van der Waals surface area contributed by atoms with Crippen LogP contribution in [0.1, 0.15) is 29.2 Å². The van der Waals surface area contributed by atoms with E-state index < -0.39 is 0 Å². The van der Waals surface area contributed by atoms with Crippen molar-refractivity contribution in [3.8, 4) is 0 Å². The van der Waals surface area contributed by atoms with Crippen LogP contribution in [0.15, 0.2) is 54.7 Å². The number of likely N-dealkylation sites (tertiary alicyclic amines) is 1. The first-order chi connectivity index (χ1) is 16.7. The maximum absolute atomic E-state index is 11.3. The lowest BCUT2D eigenvalue weighted by atomic mass is 10.0. The van der Waals surface area contributed by atoms with Crippen molar-refractivity contribution in [3.05, 3.63) is 71.4 Å². The number of alkyl carbamates (subject to hydrolysis) is 1. The van der Waals surface area contributed by atoms with E-state index in [4.69, 9.17) is 4.74 Å². The first-order valence-electron chi connectivity index (χ1n) is 12.3. The van der Waals surface area contributed by atoms with Gasteiger partial charge in [0.2, 0.25) is 0 Å². The molecule has 3 heterocycles. The number of benzene rings is 2. The Morgan fingerprint density at radius 2 is 2.09 bits per heavy atom. The van der Waals surface area contributed by atoms with Crippen molar-refractivity contribution in [1.82, 2.24) is 20.5 Å². The molecule has 7 nitrogen and oxygen atoms in total. The number of hydrogen-bond acceptors (Lipinski definition) is 5. The normalized spacial score (nSPS) is 21.6. The van der Waals surface area contributed by atoms with Crippen molar-refractivity contribution in [2.24, 2.45) is 5.92 Å². The van der Waals surface area contributed by atoms with E-state index in [1.807, 2.05) is 18.2 Å². The third-order valence-electron chi connectivity index (χ3n) is 7.16. The van der Waals surface area contributed by atoms with Crippen LogP contribution in [0.2, 0.25) is 0 Å². The molecule has 2 aromatic carbocycles. The number of carbonyl (C=O) groups is 1. The Morgan fingerprint density at radius 3 is 2.88 bits per heavy atom. The van der Waals surface area contributed by atoms with Gasteiger partial charge in [0.15, 0.2) is 0 Å². The minimum Gasteiger partial charge on any atom is -0.447 e. The summed E-state index contributed by atoms with van der Waals surface area (Å²) < 4.78 is 5.02. The topological polar surface area (TPSA) is 89.6 Å². The summed E-state index contributed by atoms with van der Waals surface area (Å²) in [5.74, 6) is 0.608. The van der Waals surface area contributed by atoms with E-state index in [0.29, 0.717) is 12.5 Å². The van der Waals surface area contributed by atoms with Gasteiger partial charge in [-0.05, 0) is 67.1 Å². The molecule has 2 saturated heterocycles. The lowest BCUT2D eigenvalue weighted by Crippen LogP contribution is -2.31. The van der Waals surface area contributed by atoms with Crippen LogP contribution in [0.25, 0.3) is 10.9 Å². The van der Waals surface area contributed by atoms with E-state index >= 15 is 0 Å². The standard InChI is InChI=1S/C27H34N4O3/c32-17-26(21-4-2-1-3-5-21)28-14-20-8-10-31(16-20)11-9-22-15-29-25-7-6-19(13-24(22)25)12-23-18-34-27(33)30-23/h1-7,13,15,20,23,26,28-29,32H,8-12,14,16-18H2,(H,30,33)/t20-,23-,26-/m0/s1. The van der Waals surface area contributed by atoms with Crippen LogP contribution in [0.3, 0.4) is 0 Å². The van der Waals surface area contributed by atoms with E-state index in [1.54, 1.807) is 0 Å². The van der Waals surface area contributed by atoms with Crippen LogP contribution in [0, 0.1) is 5.92 Å². The molecule has 1 amide bonds. The highest BCUT2D eigenvalue weighted by Crippen LogP contribution is 2.23. The van der Waals surface area contributed by atoms with Crippen LogP contribution in [0.4, 0.5) is 4.79 Å². The smallest absolute Gasteiger partial charge is 0.407 e. The van der Waals surface area contributed by atoms with E-state index in [1.165, 1.54) is 22.9 Å². The van der Waals surface area contributed by atoms with Crippen molar-refractivity contribution in [2.45, 2.75) is 31.3 Å². The number of aliphatic hydroxyl groups excluding tert-OH is 1. The molecule has 5 rings (SSSR count). The van der Waals surface area contributed by atoms with Crippen LogP contribution < -0.4 is 10.6 Å². The molecule has 2 aliphatic rings. The molecular weight excluding hydrogens is 428 g/mol. The number of rotatable bonds is 10. The van der Waals surface area contributed by atoms with E-state index in [9.17, 15) is 9.90 Å². The molecule has 0 aliphatic carbocycles. The van der Waals surface area contributed by atoms with E-state index in [0.717, 1.165) is 50.1 Å². The number of nitrogens with one attached hydrogen (secondary N) is 3. The number of ether oxygens (including phenoxy) is 1. The highest BCUT2D eigenvalue weighted by molar-refractivity contribution is 5.84. The van der Waals surface area contributed by atoms with Gasteiger partial charge in [0.25, 0.3) is 0 Å². The fourth-order valence-electron chi connectivity index (χ4n) is 5.22. The number of carbonyl (C=O) groups excluding carboxylic acids is 1. The Balaban J connectivity index is 1.12. The molecule has 0 spiro atoms. The maximum Gasteiger partial charge on any atom is 0.407 e. The number of fused-ring (bicyclic) bond motifs is 1. The lowest BCUT2D eigenvalue weighted by Gasteiger charge is -2.20. The Kier molecular flexibility index (Phi) is 7.13. The van der Waals surface area contributed by atoms with E-state index in [2.05, 4.69) is 57.0 Å². The van der Waals surface area contributed by atoms with Gasteiger partial charge in [-0.25, -0.2) is 4.79 Å². The summed E-state index contributed by atoms with van der Waals surface area (Å²) >= 11 is 0. The average Bonchev–Trinajstić information content (AvgIpc) is 3.59. The molecule has 180 valence electrons. The Hall–Kier alpha value is -2.87. The molecule has 1 aromatic heterocycles. The van der Waals surface area contributed by atoms with Gasteiger partial charge in [0.1, 0.15) is 6.61 Å². The Bertz CT molecular complexity index is 1100. The van der Waals surface area contributed by atoms with Gasteiger partial charge in [0, 0.05) is 30.2 Å². The zero-order valence-corrected chi connectivity index (χ0v) is 19.5. The lowest BCUT2D eigenvalue weighted by molar-refractivity contribution is 0.177. The minimum atomic E-state index is -0.320. The molecule has 0 radical (unpaired) electrons. The average molecular weight is 463 g/mol. The second-order valence-electron chi connectivity index (χ2n) is 9.60. The molecule has 2 fully saturated rings. The minimum absolute atomic E-state index is 0.000202. The zero-order chi connectivity index (χ0) is 23.3. The van der Waals surface area contributed by atoms with Crippen molar-refractivity contribution >= 4 is 17.0 Å². The largest absolute Gasteiger partial charge is 0.447 e. The van der Waals surface area contributed by atoms with Gasteiger partial charge >= 0.3 is 6.09 Å². The molecule has 3 aromatic rings. The molecule has 0 unspecified atom stereocenters. The Labute approximate surface area is 200 Å². The van der Waals surface area contributed by atoms with Gasteiger partial charge in [0.05, 0.1) is 18.7 Å². The second kappa shape index (κ2) is 10.6. The summed E-state index contributed by atoms with van der Waals surface area (Å²) in [6.45, 7) is 4.73. The molecule has 7 heteroatoms. The highest BCUT2D eigenvalue weighted by Gasteiger charge is 2.24. The molecule has 2 aliphatic heterocycles. The van der Waals surface area contributed by atoms with Gasteiger partial charge in [-0.1, -0.05) is 36.4 Å². The number of aromatic nitrogens is 1. The van der Waals surface area contributed by atoms with E-state index in [-0.39, 0.29) is 24.8 Å². The van der Waals surface area contributed by atoms with Gasteiger partial charge in [-0.3, -0.25) is 0 Å². The maximum atomic E-state index is 11.3. The summed E-state index contributed by atoms with van der Waals surface area (Å²) in [7, 11) is 0. The summed E-state index contributed by atoms with van der Waals surface area (Å²) in [6, 6.07) is 16.7. The zero-order valence-electron chi connectivity index (χ0n) is 19.5. The third-order valence-corrected chi connectivity index (χ3v) is 7.16. The summed E-state index contributed by atoms with van der Waals surface area (Å²) in [4.78, 5) is 17.3. The first kappa shape index (κ1) is 22.9. The Morgan fingerprint density at radius 1 is 1.21 bits per heavy atom. The van der Waals surface area contributed by atoms with Crippen LogP contribution in [-0.2, 0) is 17.6 Å². The number of nitrogens with zero attached hydrogens (tertiary/aromatic N) is 1. The van der Waals surface area contributed by atoms with Crippen LogP contribution in [0.5, 0.6) is 0 Å². The number of cyclic esters (lactones) is 1. The molecular formula is C27H34N4O3. The summed E-state index contributed by atoms with van der Waals surface area (Å²) in [5.41, 5.74) is 4.86. The van der Waals surface area contributed by atoms with Crippen molar-refractivity contribution in [2.75, 3.05) is 39.4 Å². The summed E-state index contributed by atoms with van der Waals surface area (Å²) in [5, 5.41) is 17.5. The predicted octanol–water partition coefficient (Wildman–Crippen LogP) is 3.01. The number of aliphatic hydroxyl groups is 1. The predicted molar refractivity (Wildman–Crippen MR) is 133 cm³/mol. The number of aromatic amines is 1. The van der Waals surface area contributed by atoms with Crippen LogP contribution in [-0.4, -0.2) is 66.5 Å². The van der Waals surface area contributed by atoms with Crippen molar-refractivity contribution < 1.29 is 14.6 Å². The first-order valence-corrected chi connectivity index (χ1v) is 12.3. The molecule has 0 saturated carbocycles. The molecule has 0 bridgehead atoms. The van der Waals surface area contributed by atoms with Crippen LogP contribution >= 0.6 is 0 Å². The fourth-order valence-corrected chi connectivity index (χ4v) is 5.22. The molecule has 3 atom stereocenters. The number of hydrogen-bond donors (Lipinski definition) is 4. The van der Waals surface area contributed by atoms with Crippen molar-refractivity contribution in [1.29, 1.82) is 0 Å². The fraction of sp³-hybridized carbons (Fsp3) is 0.444. The number of H-pyrrole nitrogens is 1. The summed E-state index contributed by atoms with van der Waals surface area (Å²) in [6.07, 6.45) is 4.80. The SMILES string of the molecule is O=C1N[C@@H](Cc2ccc3[nH]cc(CCN4CC[C@@H](CN[C@@H](CO)c5ccccc5)C4)c3c2)CO1. The van der Waals surface area contributed by atoms with Gasteiger partial charge in [-0.2, -0.15) is 0 Å².